The lowest BCUT2D eigenvalue weighted by Gasteiger charge is -2.18. The monoisotopic (exact) mass is 1100 g/mol. The van der Waals surface area contributed by atoms with E-state index in [0.29, 0.717) is 19.3 Å². The first-order valence-corrected chi connectivity index (χ1v) is 32.5. The molecular weight excluding hydrogens is 985 g/mol. The predicted molar refractivity (Wildman–Crippen MR) is 348 cm³/mol. The molecule has 0 saturated carbocycles. The van der Waals surface area contributed by atoms with Crippen LogP contribution in [0.25, 0.3) is 0 Å². The average molecular weight is 1100 g/mol. The molecule has 0 aliphatic carbocycles. The highest BCUT2D eigenvalue weighted by molar-refractivity contribution is 5.71. The van der Waals surface area contributed by atoms with Gasteiger partial charge in [-0.3, -0.25) is 14.4 Å². The molecule has 0 bridgehead atoms. The van der Waals surface area contributed by atoms with Crippen LogP contribution in [-0.4, -0.2) is 37.2 Å². The summed E-state index contributed by atoms with van der Waals surface area (Å²) in [5.41, 5.74) is 0. The van der Waals surface area contributed by atoms with Gasteiger partial charge in [-0.15, -0.1) is 0 Å². The van der Waals surface area contributed by atoms with Gasteiger partial charge in [-0.2, -0.15) is 0 Å². The van der Waals surface area contributed by atoms with Gasteiger partial charge in [0.15, 0.2) is 6.10 Å². The molecule has 0 saturated heterocycles. The standard InChI is InChI=1S/C74H118O6/c1-4-7-10-13-16-19-22-25-28-31-34-35-36-37-38-39-41-43-46-49-52-55-58-61-64-67-73(76)79-70-71(69-78-72(75)66-63-60-57-54-51-48-45-42-33-30-27-24-21-18-15-12-9-6-3)80-74(77)68-65-62-59-56-53-50-47-44-40-32-29-26-23-20-17-14-11-8-5-2/h7-8,10-11,16-17,19-21,24-26,28-30,33-35,37-38,40,44,50,53,59,62,71H,4-6,9,12-15,18,22-23,27,31-32,36,39,41-43,45-49,51-52,54-58,60-61,63-70H2,1-3H3/b10-7-,11-8-,19-16-,20-17-,24-21-,28-25-,29-26-,33-30-,35-34-,38-37-,44-40-,53-50-,62-59-. The summed E-state index contributed by atoms with van der Waals surface area (Å²) in [5, 5.41) is 0. The van der Waals surface area contributed by atoms with Gasteiger partial charge in [0.1, 0.15) is 13.2 Å². The summed E-state index contributed by atoms with van der Waals surface area (Å²) in [5.74, 6) is -1.02. The Bertz CT molecular complexity index is 1790. The van der Waals surface area contributed by atoms with E-state index in [-0.39, 0.29) is 31.6 Å². The van der Waals surface area contributed by atoms with Crippen molar-refractivity contribution < 1.29 is 28.6 Å². The van der Waals surface area contributed by atoms with Crippen molar-refractivity contribution in [2.75, 3.05) is 13.2 Å². The SMILES string of the molecule is CC/C=C\C/C=C\C/C=C\C/C=C\C/C=C\C/C=C\CCC(=O)OC(COC(=O)CCCCCCCCC/C=C\C/C=C\CCCCCC)COC(=O)CCCCCCCCCCC/C=C\C/C=C\C/C=C\C/C=C\C/C=C\CC. The summed E-state index contributed by atoms with van der Waals surface area (Å²) in [7, 11) is 0. The van der Waals surface area contributed by atoms with Crippen LogP contribution >= 0.6 is 0 Å². The number of hydrogen-bond donors (Lipinski definition) is 0. The number of carbonyl (C=O) groups is 3. The van der Waals surface area contributed by atoms with Crippen molar-refractivity contribution in [2.45, 2.75) is 277 Å². The maximum absolute atomic E-state index is 12.9. The van der Waals surface area contributed by atoms with E-state index in [0.717, 1.165) is 128 Å². The molecule has 450 valence electrons. The molecule has 0 rings (SSSR count). The molecule has 6 nitrogen and oxygen atoms in total. The predicted octanol–water partition coefficient (Wildman–Crippen LogP) is 22.5. The van der Waals surface area contributed by atoms with Crippen molar-refractivity contribution in [3.05, 3.63) is 158 Å². The van der Waals surface area contributed by atoms with Crippen LogP contribution in [0.15, 0.2) is 158 Å². The fraction of sp³-hybridized carbons (Fsp3) is 0.608. The average Bonchev–Trinajstić information content (AvgIpc) is 3.46. The number of ether oxygens (including phenoxy) is 3. The van der Waals surface area contributed by atoms with Gasteiger partial charge >= 0.3 is 17.9 Å². The topological polar surface area (TPSA) is 78.9 Å². The van der Waals surface area contributed by atoms with Gasteiger partial charge in [-0.1, -0.05) is 275 Å². The van der Waals surface area contributed by atoms with Crippen molar-refractivity contribution in [3.8, 4) is 0 Å². The largest absolute Gasteiger partial charge is 0.462 e. The Morgan fingerprint density at radius 1 is 0.263 bits per heavy atom. The van der Waals surface area contributed by atoms with Crippen LogP contribution in [0.2, 0.25) is 0 Å². The number of hydrogen-bond acceptors (Lipinski definition) is 6. The maximum Gasteiger partial charge on any atom is 0.306 e. The smallest absolute Gasteiger partial charge is 0.306 e. The maximum atomic E-state index is 12.9. The zero-order valence-corrected chi connectivity index (χ0v) is 51.5. The van der Waals surface area contributed by atoms with Gasteiger partial charge in [-0.05, 0) is 135 Å². The van der Waals surface area contributed by atoms with E-state index in [1.807, 2.05) is 6.08 Å². The van der Waals surface area contributed by atoms with Crippen LogP contribution in [0, 0.1) is 0 Å². The minimum Gasteiger partial charge on any atom is -0.462 e. The summed E-state index contributed by atoms with van der Waals surface area (Å²) < 4.78 is 16.9. The molecule has 0 N–H and O–H groups in total. The zero-order valence-electron chi connectivity index (χ0n) is 51.5. The second-order valence-corrected chi connectivity index (χ2v) is 20.9. The minimum absolute atomic E-state index is 0.120. The Hall–Kier alpha value is -4.97. The number of carbonyl (C=O) groups excluding carboxylic acids is 3. The molecule has 1 atom stereocenters. The lowest BCUT2D eigenvalue weighted by atomic mass is 10.1. The zero-order chi connectivity index (χ0) is 57.8. The minimum atomic E-state index is -0.834. The van der Waals surface area contributed by atoms with Gasteiger partial charge in [0.25, 0.3) is 0 Å². The molecular formula is C74H118O6. The number of allylic oxidation sites excluding steroid dienone is 26. The number of rotatable bonds is 57. The van der Waals surface area contributed by atoms with Gasteiger partial charge in [-0.25, -0.2) is 0 Å². The summed E-state index contributed by atoms with van der Waals surface area (Å²) in [6.07, 6.45) is 96.8. The summed E-state index contributed by atoms with van der Waals surface area (Å²) in [4.78, 5) is 38.3. The van der Waals surface area contributed by atoms with Crippen molar-refractivity contribution >= 4 is 17.9 Å². The van der Waals surface area contributed by atoms with Crippen LogP contribution in [0.3, 0.4) is 0 Å². The molecule has 0 heterocycles. The Morgan fingerprint density at radius 2 is 0.512 bits per heavy atom. The molecule has 0 spiro atoms. The molecule has 0 aromatic rings. The lowest BCUT2D eigenvalue weighted by molar-refractivity contribution is -0.166. The molecule has 0 radical (unpaired) electrons. The van der Waals surface area contributed by atoms with Gasteiger partial charge in [0.05, 0.1) is 0 Å². The van der Waals surface area contributed by atoms with Crippen LogP contribution in [0.4, 0.5) is 0 Å². The van der Waals surface area contributed by atoms with Gasteiger partial charge < -0.3 is 14.2 Å². The molecule has 0 amide bonds. The second kappa shape index (κ2) is 66.5. The first kappa shape index (κ1) is 75.0. The molecule has 0 aromatic heterocycles. The fourth-order valence-corrected chi connectivity index (χ4v) is 8.47. The molecule has 6 heteroatoms. The van der Waals surface area contributed by atoms with Crippen molar-refractivity contribution in [3.63, 3.8) is 0 Å². The van der Waals surface area contributed by atoms with Gasteiger partial charge in [0, 0.05) is 19.3 Å². The molecule has 80 heavy (non-hydrogen) atoms. The Labute approximate surface area is 492 Å². The molecule has 1 unspecified atom stereocenters. The summed E-state index contributed by atoms with van der Waals surface area (Å²) >= 11 is 0. The van der Waals surface area contributed by atoms with Crippen molar-refractivity contribution in [1.29, 1.82) is 0 Å². The molecule has 0 aromatic carbocycles. The van der Waals surface area contributed by atoms with E-state index in [1.54, 1.807) is 0 Å². The van der Waals surface area contributed by atoms with E-state index in [4.69, 9.17) is 14.2 Å². The summed E-state index contributed by atoms with van der Waals surface area (Å²) in [6, 6.07) is 0. The third kappa shape index (κ3) is 63.9. The van der Waals surface area contributed by atoms with Crippen LogP contribution in [-0.2, 0) is 28.6 Å². The Balaban J connectivity index is 4.51. The van der Waals surface area contributed by atoms with E-state index in [1.165, 1.54) is 96.3 Å². The normalized spacial score (nSPS) is 13.2. The highest BCUT2D eigenvalue weighted by atomic mass is 16.6. The first-order chi connectivity index (χ1) is 39.5. The lowest BCUT2D eigenvalue weighted by Crippen LogP contribution is -2.30. The van der Waals surface area contributed by atoms with E-state index in [9.17, 15) is 14.4 Å². The van der Waals surface area contributed by atoms with E-state index >= 15 is 0 Å². The van der Waals surface area contributed by atoms with E-state index < -0.39 is 12.1 Å². The fourth-order valence-electron chi connectivity index (χ4n) is 8.47. The second-order valence-electron chi connectivity index (χ2n) is 20.9. The highest BCUT2D eigenvalue weighted by Gasteiger charge is 2.19. The quantitative estimate of drug-likeness (QED) is 0.0261. The third-order valence-electron chi connectivity index (χ3n) is 13.3. The first-order valence-electron chi connectivity index (χ1n) is 32.5. The Morgan fingerprint density at radius 3 is 0.812 bits per heavy atom. The highest BCUT2D eigenvalue weighted by Crippen LogP contribution is 2.14. The van der Waals surface area contributed by atoms with Crippen molar-refractivity contribution in [1.82, 2.24) is 0 Å². The summed E-state index contributed by atoms with van der Waals surface area (Å²) in [6.45, 7) is 6.33. The molecule has 0 fully saturated rings. The van der Waals surface area contributed by atoms with Crippen LogP contribution in [0.5, 0.6) is 0 Å². The Kier molecular flexibility index (Phi) is 62.4. The molecule has 0 aliphatic heterocycles. The van der Waals surface area contributed by atoms with Gasteiger partial charge in [0.2, 0.25) is 0 Å². The number of unbranched alkanes of at least 4 members (excludes halogenated alkanes) is 20. The van der Waals surface area contributed by atoms with Crippen LogP contribution in [0.1, 0.15) is 271 Å². The van der Waals surface area contributed by atoms with Crippen LogP contribution < -0.4 is 0 Å². The number of esters is 3. The molecule has 0 aliphatic rings. The van der Waals surface area contributed by atoms with E-state index in [2.05, 4.69) is 173 Å². The van der Waals surface area contributed by atoms with Crippen molar-refractivity contribution in [2.24, 2.45) is 0 Å². The third-order valence-corrected chi connectivity index (χ3v) is 13.3.